The number of rotatable bonds is 28. The lowest BCUT2D eigenvalue weighted by molar-refractivity contribution is 0.558. The van der Waals surface area contributed by atoms with Gasteiger partial charge in [-0.25, -0.2) is 0 Å². The Hall–Kier alpha value is -3.52. The van der Waals surface area contributed by atoms with Crippen LogP contribution in [0.4, 0.5) is 11.4 Å². The number of nitrogens with two attached hydrogens (primary N) is 2. The summed E-state index contributed by atoms with van der Waals surface area (Å²) in [5.41, 5.74) is 25.4. The van der Waals surface area contributed by atoms with E-state index in [0.717, 1.165) is 11.4 Å². The normalized spacial score (nSPS) is 12.6. The number of aryl methyl sites for hydroxylation is 4. The molecule has 0 saturated heterocycles. The molecule has 0 aliphatic heterocycles. The van der Waals surface area contributed by atoms with Gasteiger partial charge in [0.2, 0.25) is 0 Å². The molecule has 0 radical (unpaired) electrons. The van der Waals surface area contributed by atoms with Gasteiger partial charge in [0.05, 0.1) is 0 Å². The molecule has 0 aromatic heterocycles. The first-order valence-corrected chi connectivity index (χ1v) is 22.8. The molecular formula is C53H78N2. The largest absolute Gasteiger partial charge is 0.399 e. The highest BCUT2D eigenvalue weighted by molar-refractivity contribution is 5.49. The van der Waals surface area contributed by atoms with Crippen molar-refractivity contribution in [1.29, 1.82) is 0 Å². The monoisotopic (exact) mass is 743 g/mol. The first kappa shape index (κ1) is 44.2. The van der Waals surface area contributed by atoms with E-state index < -0.39 is 0 Å². The molecule has 0 aliphatic rings. The fraction of sp³-hybridized carbons (Fsp3) is 0.547. The van der Waals surface area contributed by atoms with Gasteiger partial charge in [-0.1, -0.05) is 184 Å². The Labute approximate surface area is 338 Å². The predicted octanol–water partition coefficient (Wildman–Crippen LogP) is 15.7. The van der Waals surface area contributed by atoms with Crippen molar-refractivity contribution in [3.05, 3.63) is 129 Å². The van der Waals surface area contributed by atoms with Crippen LogP contribution >= 0.6 is 0 Å². The zero-order valence-corrected chi connectivity index (χ0v) is 35.7. The molecule has 0 spiro atoms. The molecule has 2 atom stereocenters. The van der Waals surface area contributed by atoms with Crippen LogP contribution in [0.1, 0.15) is 205 Å². The number of unbranched alkanes of at least 4 members (excludes halogenated alkanes) is 16. The average Bonchev–Trinajstić information content (AvgIpc) is 3.18. The first-order valence-electron chi connectivity index (χ1n) is 22.8. The second-order valence-electron chi connectivity index (χ2n) is 16.9. The number of hydrogen-bond donors (Lipinski definition) is 2. The summed E-state index contributed by atoms with van der Waals surface area (Å²) < 4.78 is 0. The molecule has 55 heavy (non-hydrogen) atoms. The van der Waals surface area contributed by atoms with E-state index in [4.69, 9.17) is 11.5 Å². The van der Waals surface area contributed by atoms with Gasteiger partial charge in [0.25, 0.3) is 0 Å². The van der Waals surface area contributed by atoms with E-state index in [-0.39, 0.29) is 0 Å². The lowest BCUT2D eigenvalue weighted by Gasteiger charge is -2.21. The number of anilines is 2. The third-order valence-corrected chi connectivity index (χ3v) is 12.2. The molecule has 0 heterocycles. The average molecular weight is 743 g/mol. The number of hydrogen-bond acceptors (Lipinski definition) is 2. The molecule has 4 aromatic rings. The number of nitrogen functional groups attached to an aromatic ring is 2. The van der Waals surface area contributed by atoms with Gasteiger partial charge >= 0.3 is 0 Å². The lowest BCUT2D eigenvalue weighted by atomic mass is 9.84. The zero-order chi connectivity index (χ0) is 39.1. The van der Waals surface area contributed by atoms with Crippen LogP contribution in [0.15, 0.2) is 84.9 Å². The maximum Gasteiger partial charge on any atom is 0.0316 e. The van der Waals surface area contributed by atoms with Crippen molar-refractivity contribution in [2.45, 2.75) is 187 Å². The molecule has 0 aliphatic carbocycles. The van der Waals surface area contributed by atoms with Crippen LogP contribution in [-0.4, -0.2) is 0 Å². The second kappa shape index (κ2) is 25.6. The lowest BCUT2D eigenvalue weighted by Crippen LogP contribution is -2.05. The number of benzene rings is 4. The highest BCUT2D eigenvalue weighted by Gasteiger charge is 2.18. The van der Waals surface area contributed by atoms with E-state index in [0.29, 0.717) is 11.8 Å². The van der Waals surface area contributed by atoms with Crippen LogP contribution in [-0.2, 0) is 12.8 Å². The smallest absolute Gasteiger partial charge is 0.0316 e. The van der Waals surface area contributed by atoms with Gasteiger partial charge < -0.3 is 11.5 Å². The molecule has 300 valence electrons. The first-order chi connectivity index (χ1) is 26.9. The van der Waals surface area contributed by atoms with E-state index >= 15 is 0 Å². The fourth-order valence-electron chi connectivity index (χ4n) is 8.82. The van der Waals surface area contributed by atoms with Crippen molar-refractivity contribution in [3.63, 3.8) is 0 Å². The van der Waals surface area contributed by atoms with Gasteiger partial charge in [-0.2, -0.15) is 0 Å². The second-order valence-corrected chi connectivity index (χ2v) is 16.9. The topological polar surface area (TPSA) is 52.0 Å². The van der Waals surface area contributed by atoms with E-state index in [2.05, 4.69) is 113 Å². The van der Waals surface area contributed by atoms with Crippen molar-refractivity contribution >= 4 is 11.4 Å². The van der Waals surface area contributed by atoms with Gasteiger partial charge in [0.15, 0.2) is 0 Å². The van der Waals surface area contributed by atoms with Gasteiger partial charge in [-0.15, -0.1) is 0 Å². The predicted molar refractivity (Wildman–Crippen MR) is 243 cm³/mol. The van der Waals surface area contributed by atoms with E-state index in [1.54, 1.807) is 0 Å². The maximum atomic E-state index is 6.14. The van der Waals surface area contributed by atoms with Crippen molar-refractivity contribution < 1.29 is 0 Å². The van der Waals surface area contributed by atoms with E-state index in [1.165, 1.54) is 192 Å². The van der Waals surface area contributed by atoms with Crippen LogP contribution in [0.5, 0.6) is 0 Å². The summed E-state index contributed by atoms with van der Waals surface area (Å²) >= 11 is 0. The van der Waals surface area contributed by atoms with Crippen LogP contribution in [0.2, 0.25) is 0 Å². The quantitative estimate of drug-likeness (QED) is 0.0450. The Balaban J connectivity index is 1.20. The summed E-state index contributed by atoms with van der Waals surface area (Å²) in [6.45, 7) is 9.05. The van der Waals surface area contributed by atoms with Gasteiger partial charge in [0.1, 0.15) is 0 Å². The highest BCUT2D eigenvalue weighted by atomic mass is 14.5. The van der Waals surface area contributed by atoms with Crippen molar-refractivity contribution in [2.24, 2.45) is 0 Å². The summed E-state index contributed by atoms with van der Waals surface area (Å²) in [7, 11) is 0. The third-order valence-electron chi connectivity index (χ3n) is 12.2. The van der Waals surface area contributed by atoms with Gasteiger partial charge in [0, 0.05) is 23.2 Å². The van der Waals surface area contributed by atoms with E-state index in [9.17, 15) is 0 Å². The van der Waals surface area contributed by atoms with E-state index in [1.807, 2.05) is 0 Å². The van der Waals surface area contributed by atoms with Crippen molar-refractivity contribution in [2.75, 3.05) is 11.5 Å². The minimum Gasteiger partial charge on any atom is -0.399 e. The standard InChI is InChI=1S/C53H78N2/c1-5-7-9-11-13-18-22-26-52(50-38-36-48(54)40-42(50)3)46-32-28-44(29-33-46)24-20-16-15-17-21-25-45-30-34-47(35-31-45)53(27-23-19-14-12-10-8-6-2)51-39-37-49(55)41-43(51)4/h28-41,52-53H,5-27,54-55H2,1-4H3. The summed E-state index contributed by atoms with van der Waals surface area (Å²) in [6, 6.07) is 32.3. The van der Waals surface area contributed by atoms with Crippen LogP contribution in [0, 0.1) is 13.8 Å². The van der Waals surface area contributed by atoms with Crippen LogP contribution < -0.4 is 11.5 Å². The fourth-order valence-corrected chi connectivity index (χ4v) is 8.82. The Morgan fingerprint density at radius 2 is 0.709 bits per heavy atom. The molecule has 4 N–H and O–H groups in total. The van der Waals surface area contributed by atoms with Crippen LogP contribution in [0.25, 0.3) is 0 Å². The Bertz CT molecular complexity index is 1480. The van der Waals surface area contributed by atoms with Crippen LogP contribution in [0.3, 0.4) is 0 Å². The van der Waals surface area contributed by atoms with Crippen molar-refractivity contribution in [1.82, 2.24) is 0 Å². The molecule has 4 rings (SSSR count). The van der Waals surface area contributed by atoms with Gasteiger partial charge in [-0.05, 0) is 121 Å². The molecule has 2 unspecified atom stereocenters. The minimum absolute atomic E-state index is 0.450. The highest BCUT2D eigenvalue weighted by Crippen LogP contribution is 2.35. The Morgan fingerprint density at radius 3 is 1.05 bits per heavy atom. The summed E-state index contributed by atoms with van der Waals surface area (Å²) in [6.07, 6.45) is 30.2. The summed E-state index contributed by atoms with van der Waals surface area (Å²) in [5.74, 6) is 0.900. The molecule has 2 heteroatoms. The maximum absolute atomic E-state index is 6.14. The molecule has 0 bridgehead atoms. The molecule has 0 fully saturated rings. The molecular weight excluding hydrogens is 665 g/mol. The van der Waals surface area contributed by atoms with Gasteiger partial charge in [-0.3, -0.25) is 0 Å². The van der Waals surface area contributed by atoms with Crippen molar-refractivity contribution in [3.8, 4) is 0 Å². The third kappa shape index (κ3) is 15.9. The summed E-state index contributed by atoms with van der Waals surface area (Å²) in [5, 5.41) is 0. The molecule has 0 saturated carbocycles. The molecule has 4 aromatic carbocycles. The molecule has 0 amide bonds. The minimum atomic E-state index is 0.450. The molecule has 2 nitrogen and oxygen atoms in total. The Kier molecular flexibility index (Phi) is 20.6. The zero-order valence-electron chi connectivity index (χ0n) is 35.7. The SMILES string of the molecule is CCCCCCCCCC(c1ccc(CCCCCCCc2ccc(C(CCCCCCCCC)c3ccc(N)cc3C)cc2)cc1)c1ccc(N)cc1C. The Morgan fingerprint density at radius 1 is 0.382 bits per heavy atom. The summed E-state index contributed by atoms with van der Waals surface area (Å²) in [4.78, 5) is 0.